The van der Waals surface area contributed by atoms with Gasteiger partial charge in [0.1, 0.15) is 11.6 Å². The van der Waals surface area contributed by atoms with Crippen molar-refractivity contribution < 1.29 is 9.53 Å². The number of imidazole rings is 1. The number of aromatic nitrogens is 2. The number of rotatable bonds is 5. The fraction of sp³-hybridized carbons (Fsp3) is 0.615. The number of amides is 1. The van der Waals surface area contributed by atoms with Crippen molar-refractivity contribution in [3.8, 4) is 17.1 Å². The number of nitrogens with one attached hydrogen (secondary N) is 2. The van der Waals surface area contributed by atoms with Gasteiger partial charge in [0.15, 0.2) is 0 Å². The van der Waals surface area contributed by atoms with E-state index >= 15 is 0 Å². The summed E-state index contributed by atoms with van der Waals surface area (Å²) in [4.78, 5) is 23.6. The number of carbonyl (C=O) groups excluding carboxylic acids is 1. The molecule has 2 aromatic rings. The molecule has 1 atom stereocenters. The number of halogens is 1. The molecule has 0 spiro atoms. The van der Waals surface area contributed by atoms with Crippen molar-refractivity contribution in [2.75, 3.05) is 18.0 Å². The first kappa shape index (κ1) is 22.7. The van der Waals surface area contributed by atoms with Crippen LogP contribution in [-0.4, -0.2) is 41.1 Å². The summed E-state index contributed by atoms with van der Waals surface area (Å²) in [6.07, 6.45) is 12.1. The number of ether oxygens (including phenoxy) is 1. The van der Waals surface area contributed by atoms with Crippen LogP contribution in [0.5, 0.6) is 5.75 Å². The van der Waals surface area contributed by atoms with E-state index in [1.54, 1.807) is 0 Å². The van der Waals surface area contributed by atoms with Crippen molar-refractivity contribution in [1.82, 2.24) is 15.3 Å². The molecular weight excluding hydrogens is 436 g/mol. The number of H-pyrrole nitrogens is 1. The van der Waals surface area contributed by atoms with Gasteiger partial charge in [0.2, 0.25) is 5.91 Å². The van der Waals surface area contributed by atoms with Gasteiger partial charge < -0.3 is 19.9 Å². The lowest BCUT2D eigenvalue weighted by atomic mass is 9.91. The third-order valence-corrected chi connectivity index (χ3v) is 7.88. The summed E-state index contributed by atoms with van der Waals surface area (Å²) in [5, 5.41) is 3.44. The van der Waals surface area contributed by atoms with Crippen LogP contribution in [-0.2, 0) is 11.2 Å². The number of hydrogen-bond donors (Lipinski definition) is 2. The summed E-state index contributed by atoms with van der Waals surface area (Å²) in [7, 11) is 0. The second-order valence-electron chi connectivity index (χ2n) is 10.2. The van der Waals surface area contributed by atoms with Crippen LogP contribution in [0.15, 0.2) is 18.3 Å². The number of aromatic amines is 1. The van der Waals surface area contributed by atoms with Gasteiger partial charge in [-0.05, 0) is 89.9 Å². The lowest BCUT2D eigenvalue weighted by Crippen LogP contribution is -2.43. The van der Waals surface area contributed by atoms with Crippen molar-refractivity contribution in [3.05, 3.63) is 29.6 Å². The van der Waals surface area contributed by atoms with Crippen LogP contribution >= 0.6 is 12.4 Å². The van der Waals surface area contributed by atoms with Gasteiger partial charge in [-0.15, -0.1) is 12.4 Å². The van der Waals surface area contributed by atoms with Gasteiger partial charge in [-0.3, -0.25) is 4.79 Å². The predicted molar refractivity (Wildman–Crippen MR) is 132 cm³/mol. The van der Waals surface area contributed by atoms with Gasteiger partial charge in [0.05, 0.1) is 17.4 Å². The molecule has 1 aromatic carbocycles. The molecule has 0 unspecified atom stereocenters. The minimum atomic E-state index is 0. The predicted octanol–water partition coefficient (Wildman–Crippen LogP) is 4.97. The van der Waals surface area contributed by atoms with Gasteiger partial charge in [-0.1, -0.05) is 0 Å². The summed E-state index contributed by atoms with van der Waals surface area (Å²) >= 11 is 0. The molecule has 3 heterocycles. The molecule has 7 heteroatoms. The molecule has 2 aliphatic heterocycles. The molecule has 4 aliphatic rings. The van der Waals surface area contributed by atoms with Crippen LogP contribution in [0.1, 0.15) is 75.5 Å². The Morgan fingerprint density at radius 1 is 1.09 bits per heavy atom. The van der Waals surface area contributed by atoms with E-state index in [0.29, 0.717) is 11.8 Å². The first-order valence-corrected chi connectivity index (χ1v) is 12.6. The van der Waals surface area contributed by atoms with E-state index in [4.69, 9.17) is 9.72 Å². The number of carbonyl (C=O) groups is 1. The minimum absolute atomic E-state index is 0. The highest BCUT2D eigenvalue weighted by Crippen LogP contribution is 2.46. The molecule has 1 amide bonds. The Labute approximate surface area is 202 Å². The molecule has 6 nitrogen and oxygen atoms in total. The number of fused-ring (bicyclic) bond motifs is 1. The quantitative estimate of drug-likeness (QED) is 0.646. The molecule has 178 valence electrons. The maximum Gasteiger partial charge on any atom is 0.230 e. The zero-order chi connectivity index (χ0) is 21.7. The van der Waals surface area contributed by atoms with Crippen LogP contribution in [0.3, 0.4) is 0 Å². The molecule has 3 fully saturated rings. The van der Waals surface area contributed by atoms with Crippen LogP contribution in [0.4, 0.5) is 5.69 Å². The Balaban J connectivity index is 0.00000228. The van der Waals surface area contributed by atoms with Gasteiger partial charge in [0.25, 0.3) is 0 Å². The average molecular weight is 471 g/mol. The van der Waals surface area contributed by atoms with Crippen LogP contribution in [0.2, 0.25) is 0 Å². The molecule has 2 saturated carbocycles. The number of anilines is 1. The largest absolute Gasteiger partial charge is 0.489 e. The Bertz CT molecular complexity index is 1010. The SMILES string of the molecule is C[C@H]1CCc2c(ccc(-c3ncc(C4CCNCC4)[nH]3)c2OC2CCC2)N1C(=O)C1CC1.Cl. The first-order valence-electron chi connectivity index (χ1n) is 12.6. The summed E-state index contributed by atoms with van der Waals surface area (Å²) < 4.78 is 6.62. The zero-order valence-corrected chi connectivity index (χ0v) is 20.3. The van der Waals surface area contributed by atoms with Crippen LogP contribution in [0.25, 0.3) is 11.4 Å². The topological polar surface area (TPSA) is 70.2 Å². The van der Waals surface area contributed by atoms with Crippen LogP contribution < -0.4 is 15.0 Å². The Morgan fingerprint density at radius 2 is 1.88 bits per heavy atom. The fourth-order valence-corrected chi connectivity index (χ4v) is 5.46. The third kappa shape index (κ3) is 4.28. The molecule has 6 rings (SSSR count). The van der Waals surface area contributed by atoms with E-state index in [1.807, 2.05) is 6.20 Å². The number of benzene rings is 1. The second kappa shape index (κ2) is 9.30. The van der Waals surface area contributed by atoms with E-state index in [0.717, 1.165) is 87.3 Å². The van der Waals surface area contributed by atoms with Gasteiger partial charge >= 0.3 is 0 Å². The van der Waals surface area contributed by atoms with E-state index in [1.165, 1.54) is 17.7 Å². The van der Waals surface area contributed by atoms with Gasteiger partial charge in [-0.25, -0.2) is 4.98 Å². The number of piperidine rings is 1. The number of nitrogens with zero attached hydrogens (tertiary/aromatic N) is 2. The molecule has 0 bridgehead atoms. The van der Waals surface area contributed by atoms with Crippen molar-refractivity contribution >= 4 is 24.0 Å². The molecule has 2 N–H and O–H groups in total. The fourth-order valence-electron chi connectivity index (χ4n) is 5.46. The lowest BCUT2D eigenvalue weighted by molar-refractivity contribution is -0.120. The normalized spacial score (nSPS) is 23.4. The summed E-state index contributed by atoms with van der Waals surface area (Å²) in [6, 6.07) is 4.51. The van der Waals surface area contributed by atoms with Gasteiger partial charge in [0, 0.05) is 35.3 Å². The van der Waals surface area contributed by atoms with E-state index in [-0.39, 0.29) is 30.5 Å². The standard InChI is InChI=1S/C26H34N4O2.ClH/c1-16-5-8-20-23(30(16)26(31)18-6-7-18)10-9-21(24(20)32-19-3-2-4-19)25-28-15-22(29-25)17-11-13-27-14-12-17;/h9-10,15-19,27H,2-8,11-14H2,1H3,(H,28,29);1H/t16-;/m0./s1. The monoisotopic (exact) mass is 470 g/mol. The van der Waals surface area contributed by atoms with Crippen molar-refractivity contribution in [2.24, 2.45) is 5.92 Å². The van der Waals surface area contributed by atoms with Crippen LogP contribution in [0, 0.1) is 5.92 Å². The average Bonchev–Trinajstić information content (AvgIpc) is 3.53. The molecule has 0 radical (unpaired) electrons. The summed E-state index contributed by atoms with van der Waals surface area (Å²) in [6.45, 7) is 4.31. The number of hydrogen-bond acceptors (Lipinski definition) is 4. The van der Waals surface area contributed by atoms with Crippen molar-refractivity contribution in [1.29, 1.82) is 0 Å². The first-order chi connectivity index (χ1) is 15.7. The lowest BCUT2D eigenvalue weighted by Gasteiger charge is -2.38. The summed E-state index contributed by atoms with van der Waals surface area (Å²) in [5.41, 5.74) is 4.53. The Morgan fingerprint density at radius 3 is 2.58 bits per heavy atom. The molecular formula is C26H35ClN4O2. The highest BCUT2D eigenvalue weighted by atomic mass is 35.5. The third-order valence-electron chi connectivity index (χ3n) is 7.88. The minimum Gasteiger partial charge on any atom is -0.489 e. The molecule has 33 heavy (non-hydrogen) atoms. The van der Waals surface area contributed by atoms with E-state index in [9.17, 15) is 4.79 Å². The van der Waals surface area contributed by atoms with Crippen molar-refractivity contribution in [3.63, 3.8) is 0 Å². The van der Waals surface area contributed by atoms with E-state index in [2.05, 4.69) is 34.3 Å². The Hall–Kier alpha value is -2.05. The molecule has 2 aliphatic carbocycles. The molecule has 1 aromatic heterocycles. The smallest absolute Gasteiger partial charge is 0.230 e. The highest BCUT2D eigenvalue weighted by Gasteiger charge is 2.39. The maximum atomic E-state index is 13.1. The van der Waals surface area contributed by atoms with E-state index < -0.39 is 0 Å². The highest BCUT2D eigenvalue weighted by molar-refractivity contribution is 5.99. The second-order valence-corrected chi connectivity index (χ2v) is 10.2. The Kier molecular flexibility index (Phi) is 6.41. The summed E-state index contributed by atoms with van der Waals surface area (Å²) in [5.74, 6) is 2.91. The van der Waals surface area contributed by atoms with Gasteiger partial charge in [-0.2, -0.15) is 0 Å². The zero-order valence-electron chi connectivity index (χ0n) is 19.4. The molecule has 1 saturated heterocycles. The maximum absolute atomic E-state index is 13.1. The van der Waals surface area contributed by atoms with Crippen molar-refractivity contribution in [2.45, 2.75) is 82.8 Å².